The zero-order valence-electron chi connectivity index (χ0n) is 14.7. The molecule has 6 nitrogen and oxygen atoms in total. The average Bonchev–Trinajstić information content (AvgIpc) is 3.08. The summed E-state index contributed by atoms with van der Waals surface area (Å²) in [6.45, 7) is 9.60. The predicted octanol–water partition coefficient (Wildman–Crippen LogP) is 1.93. The van der Waals surface area contributed by atoms with Gasteiger partial charge in [-0.25, -0.2) is 0 Å². The third-order valence-electron chi connectivity index (χ3n) is 4.15. The Bertz CT molecular complexity index is 509. The van der Waals surface area contributed by atoms with Gasteiger partial charge in [0.05, 0.1) is 18.3 Å². The molecule has 0 aromatic carbocycles. The van der Waals surface area contributed by atoms with Gasteiger partial charge in [0.1, 0.15) is 0 Å². The quantitative estimate of drug-likeness (QED) is 0.407. The van der Waals surface area contributed by atoms with E-state index in [1.807, 2.05) is 11.7 Å². The van der Waals surface area contributed by atoms with E-state index in [1.165, 1.54) is 11.3 Å². The smallest absolute Gasteiger partial charge is 0.191 e. The molecule has 1 atom stereocenters. The first kappa shape index (κ1) is 20.2. The molecule has 1 aromatic rings. The molecule has 132 valence electrons. The van der Waals surface area contributed by atoms with Crippen molar-refractivity contribution in [1.82, 2.24) is 20.4 Å². The van der Waals surface area contributed by atoms with Crippen LogP contribution < -0.4 is 10.6 Å². The van der Waals surface area contributed by atoms with Gasteiger partial charge in [-0.1, -0.05) is 0 Å². The molecule has 1 aromatic heterocycles. The Kier molecular flexibility index (Phi) is 8.90. The summed E-state index contributed by atoms with van der Waals surface area (Å²) in [5, 5.41) is 11.2. The molecule has 1 fully saturated rings. The van der Waals surface area contributed by atoms with Crippen molar-refractivity contribution in [2.24, 2.45) is 12.0 Å². The van der Waals surface area contributed by atoms with Crippen molar-refractivity contribution in [1.29, 1.82) is 0 Å². The van der Waals surface area contributed by atoms with Crippen LogP contribution in [0.25, 0.3) is 0 Å². The van der Waals surface area contributed by atoms with Crippen molar-refractivity contribution in [2.45, 2.75) is 46.1 Å². The Labute approximate surface area is 156 Å². The van der Waals surface area contributed by atoms with Crippen LogP contribution in [0.1, 0.15) is 36.7 Å². The topological polar surface area (TPSA) is 63.5 Å². The SMILES string of the molecule is CCNC(=NCC1CCCO1)NCCc1c(C)nn(C)c1C.I. The van der Waals surface area contributed by atoms with Gasteiger partial charge in [-0.3, -0.25) is 9.67 Å². The van der Waals surface area contributed by atoms with E-state index < -0.39 is 0 Å². The summed E-state index contributed by atoms with van der Waals surface area (Å²) < 4.78 is 7.56. The molecule has 23 heavy (non-hydrogen) atoms. The van der Waals surface area contributed by atoms with Gasteiger partial charge in [-0.15, -0.1) is 24.0 Å². The van der Waals surface area contributed by atoms with E-state index in [0.29, 0.717) is 6.10 Å². The number of hydrogen-bond acceptors (Lipinski definition) is 3. The van der Waals surface area contributed by atoms with Crippen LogP contribution in [-0.2, 0) is 18.2 Å². The van der Waals surface area contributed by atoms with Crippen molar-refractivity contribution < 1.29 is 4.74 Å². The molecule has 1 saturated heterocycles. The third kappa shape index (κ3) is 5.95. The first-order valence-electron chi connectivity index (χ1n) is 8.24. The number of halogens is 1. The second-order valence-electron chi connectivity index (χ2n) is 5.80. The fourth-order valence-corrected chi connectivity index (χ4v) is 2.81. The molecule has 1 aliphatic rings. The van der Waals surface area contributed by atoms with E-state index in [2.05, 4.69) is 41.5 Å². The van der Waals surface area contributed by atoms with Crippen LogP contribution in [0.15, 0.2) is 4.99 Å². The summed E-state index contributed by atoms with van der Waals surface area (Å²) >= 11 is 0. The Balaban J connectivity index is 0.00000264. The van der Waals surface area contributed by atoms with Gasteiger partial charge in [-0.05, 0) is 45.6 Å². The summed E-state index contributed by atoms with van der Waals surface area (Å²) in [5.74, 6) is 0.872. The standard InChI is InChI=1S/C16H29N5O.HI/c1-5-17-16(19-11-14-7-6-10-22-14)18-9-8-15-12(2)20-21(4)13(15)3;/h14H,5-11H2,1-4H3,(H2,17,18,19);1H. The normalized spacial score (nSPS) is 17.9. The zero-order chi connectivity index (χ0) is 15.9. The number of nitrogens with zero attached hydrogens (tertiary/aromatic N) is 3. The molecular weight excluding hydrogens is 405 g/mol. The maximum Gasteiger partial charge on any atom is 0.191 e. The maximum atomic E-state index is 5.62. The molecule has 0 aliphatic carbocycles. The highest BCUT2D eigenvalue weighted by molar-refractivity contribution is 14.0. The van der Waals surface area contributed by atoms with Crippen LogP contribution in [0.4, 0.5) is 0 Å². The van der Waals surface area contributed by atoms with Crippen molar-refractivity contribution in [3.05, 3.63) is 17.0 Å². The monoisotopic (exact) mass is 435 g/mol. The fraction of sp³-hybridized carbons (Fsp3) is 0.750. The lowest BCUT2D eigenvalue weighted by atomic mass is 10.1. The number of aliphatic imine (C=N–C) groups is 1. The lowest BCUT2D eigenvalue weighted by molar-refractivity contribution is 0.117. The highest BCUT2D eigenvalue weighted by atomic mass is 127. The maximum absolute atomic E-state index is 5.62. The summed E-state index contributed by atoms with van der Waals surface area (Å²) in [7, 11) is 1.99. The zero-order valence-corrected chi connectivity index (χ0v) is 17.0. The van der Waals surface area contributed by atoms with Crippen LogP contribution >= 0.6 is 24.0 Å². The minimum atomic E-state index is 0. The third-order valence-corrected chi connectivity index (χ3v) is 4.15. The fourth-order valence-electron chi connectivity index (χ4n) is 2.81. The molecule has 0 saturated carbocycles. The van der Waals surface area contributed by atoms with Crippen LogP contribution in [0, 0.1) is 13.8 Å². The number of aryl methyl sites for hydroxylation is 2. The number of hydrogen-bond donors (Lipinski definition) is 2. The molecule has 7 heteroatoms. The summed E-state index contributed by atoms with van der Waals surface area (Å²) in [4.78, 5) is 4.63. The van der Waals surface area contributed by atoms with E-state index in [9.17, 15) is 0 Å². The molecule has 2 rings (SSSR count). The molecule has 1 aliphatic heterocycles. The first-order valence-corrected chi connectivity index (χ1v) is 8.24. The molecule has 1 unspecified atom stereocenters. The lowest BCUT2D eigenvalue weighted by Gasteiger charge is -2.13. The van der Waals surface area contributed by atoms with E-state index in [-0.39, 0.29) is 24.0 Å². The van der Waals surface area contributed by atoms with E-state index in [1.54, 1.807) is 0 Å². The van der Waals surface area contributed by atoms with Crippen molar-refractivity contribution in [3.63, 3.8) is 0 Å². The second-order valence-corrected chi connectivity index (χ2v) is 5.80. The molecule has 2 heterocycles. The molecule has 0 bridgehead atoms. The predicted molar refractivity (Wildman–Crippen MR) is 105 cm³/mol. The van der Waals surface area contributed by atoms with Gasteiger partial charge in [0.15, 0.2) is 5.96 Å². The molecule has 2 N–H and O–H groups in total. The molecular formula is C16H30IN5O. The first-order chi connectivity index (χ1) is 10.6. The molecule has 0 radical (unpaired) electrons. The van der Waals surface area contributed by atoms with Crippen molar-refractivity contribution in [3.8, 4) is 0 Å². The number of ether oxygens (including phenoxy) is 1. The molecule has 0 spiro atoms. The van der Waals surface area contributed by atoms with Crippen LogP contribution in [-0.4, -0.2) is 48.1 Å². The Morgan fingerprint density at radius 3 is 2.74 bits per heavy atom. The van der Waals surface area contributed by atoms with Crippen molar-refractivity contribution in [2.75, 3.05) is 26.2 Å². The van der Waals surface area contributed by atoms with Crippen LogP contribution in [0.3, 0.4) is 0 Å². The number of aromatic nitrogens is 2. The second kappa shape index (κ2) is 10.1. The van der Waals surface area contributed by atoms with Gasteiger partial charge in [0.2, 0.25) is 0 Å². The van der Waals surface area contributed by atoms with Crippen LogP contribution in [0.5, 0.6) is 0 Å². The Morgan fingerprint density at radius 2 is 2.17 bits per heavy atom. The lowest BCUT2D eigenvalue weighted by Crippen LogP contribution is -2.39. The number of nitrogens with one attached hydrogen (secondary N) is 2. The van der Waals surface area contributed by atoms with Crippen LogP contribution in [0.2, 0.25) is 0 Å². The van der Waals surface area contributed by atoms with Crippen molar-refractivity contribution >= 4 is 29.9 Å². The van der Waals surface area contributed by atoms with Gasteiger partial charge >= 0.3 is 0 Å². The minimum absolute atomic E-state index is 0. The highest BCUT2D eigenvalue weighted by Crippen LogP contribution is 2.12. The van der Waals surface area contributed by atoms with Gasteiger partial charge in [-0.2, -0.15) is 5.10 Å². The van der Waals surface area contributed by atoms with Gasteiger partial charge < -0.3 is 15.4 Å². The summed E-state index contributed by atoms with van der Waals surface area (Å²) in [6, 6.07) is 0. The minimum Gasteiger partial charge on any atom is -0.376 e. The van der Waals surface area contributed by atoms with Gasteiger partial charge in [0, 0.05) is 32.4 Å². The van der Waals surface area contributed by atoms with E-state index in [4.69, 9.17) is 4.74 Å². The highest BCUT2D eigenvalue weighted by Gasteiger charge is 2.15. The number of rotatable bonds is 6. The molecule has 0 amide bonds. The summed E-state index contributed by atoms with van der Waals surface area (Å²) in [6.07, 6.45) is 3.52. The number of guanidine groups is 1. The Hall–Kier alpha value is -0.830. The largest absolute Gasteiger partial charge is 0.376 e. The van der Waals surface area contributed by atoms with E-state index >= 15 is 0 Å². The van der Waals surface area contributed by atoms with E-state index in [0.717, 1.165) is 57.2 Å². The Morgan fingerprint density at radius 1 is 1.39 bits per heavy atom. The average molecular weight is 435 g/mol. The van der Waals surface area contributed by atoms with Gasteiger partial charge in [0.25, 0.3) is 0 Å². The summed E-state index contributed by atoms with van der Waals surface area (Å²) in [5.41, 5.74) is 3.67.